The first-order chi connectivity index (χ1) is 16.7. The van der Waals surface area contributed by atoms with Gasteiger partial charge in [-0.2, -0.15) is 0 Å². The molecule has 34 heavy (non-hydrogen) atoms. The molecule has 3 aromatic carbocycles. The first kappa shape index (κ1) is 21.8. The number of furan rings is 1. The number of para-hydroxylation sites is 1. The molecule has 1 atom stereocenters. The molecule has 172 valence electrons. The van der Waals surface area contributed by atoms with Crippen molar-refractivity contribution < 1.29 is 18.7 Å². The van der Waals surface area contributed by atoms with Crippen LogP contribution in [-0.4, -0.2) is 18.4 Å². The van der Waals surface area contributed by atoms with Crippen molar-refractivity contribution >= 4 is 28.5 Å². The number of carbonyl (C=O) groups excluding carboxylic acids is 2. The molecule has 0 saturated carbocycles. The van der Waals surface area contributed by atoms with E-state index in [1.54, 1.807) is 0 Å². The highest BCUT2D eigenvalue weighted by molar-refractivity contribution is 5.94. The van der Waals surface area contributed by atoms with Crippen molar-refractivity contribution in [2.45, 2.75) is 31.7 Å². The minimum absolute atomic E-state index is 0.0450. The van der Waals surface area contributed by atoms with E-state index in [1.165, 1.54) is 0 Å². The number of hydrogen-bond acceptors (Lipinski definition) is 4. The lowest BCUT2D eigenvalue weighted by molar-refractivity contribution is -0.122. The van der Waals surface area contributed by atoms with Crippen LogP contribution in [0.2, 0.25) is 0 Å². The first-order valence-electron chi connectivity index (χ1n) is 11.5. The van der Waals surface area contributed by atoms with E-state index < -0.39 is 0 Å². The highest BCUT2D eigenvalue weighted by Gasteiger charge is 2.21. The molecule has 0 bridgehead atoms. The molecule has 5 rings (SSSR count). The molecule has 2 N–H and O–H groups in total. The Morgan fingerprint density at radius 1 is 1.00 bits per heavy atom. The number of ether oxygens (including phenoxy) is 1. The molecule has 6 heteroatoms. The standard InChI is InChI=1S/C28H26N2O4/c31-26(11-6-16-33-22-13-14-23-20(17-22)12-15-27(32)29-23)30-28(19-7-2-1-3-8-19)25-18-21-9-4-5-10-24(21)34-25/h1-5,7-10,13-14,17-18,28H,6,11-12,15-16H2,(H,29,32)(H,30,31). The molecule has 6 nitrogen and oxygen atoms in total. The number of amides is 2. The lowest BCUT2D eigenvalue weighted by atomic mass is 10.0. The Labute approximate surface area is 197 Å². The number of aryl methyl sites for hydroxylation is 1. The van der Waals surface area contributed by atoms with Crippen LogP contribution in [0.1, 0.15) is 42.2 Å². The predicted octanol–water partition coefficient (Wildman–Crippen LogP) is 5.38. The van der Waals surface area contributed by atoms with Gasteiger partial charge < -0.3 is 19.8 Å². The average molecular weight is 455 g/mol. The van der Waals surface area contributed by atoms with Crippen molar-refractivity contribution in [2.24, 2.45) is 0 Å². The van der Waals surface area contributed by atoms with E-state index in [0.717, 1.165) is 33.5 Å². The summed E-state index contributed by atoms with van der Waals surface area (Å²) in [5.41, 5.74) is 3.69. The number of carbonyl (C=O) groups is 2. The molecule has 0 spiro atoms. The molecule has 2 heterocycles. The van der Waals surface area contributed by atoms with Gasteiger partial charge in [0.05, 0.1) is 6.61 Å². The number of nitrogens with one attached hydrogen (secondary N) is 2. The van der Waals surface area contributed by atoms with Gasteiger partial charge in [-0.15, -0.1) is 0 Å². The molecule has 0 aliphatic carbocycles. The van der Waals surface area contributed by atoms with Crippen LogP contribution >= 0.6 is 0 Å². The van der Waals surface area contributed by atoms with Gasteiger partial charge in [0.1, 0.15) is 23.1 Å². The summed E-state index contributed by atoms with van der Waals surface area (Å²) in [6.45, 7) is 0.430. The van der Waals surface area contributed by atoms with Gasteiger partial charge in [-0.05, 0) is 54.3 Å². The summed E-state index contributed by atoms with van der Waals surface area (Å²) in [5, 5.41) is 7.00. The summed E-state index contributed by atoms with van der Waals surface area (Å²) in [6.07, 6.45) is 2.12. The van der Waals surface area contributed by atoms with Crippen molar-refractivity contribution in [3.63, 3.8) is 0 Å². The maximum atomic E-state index is 12.8. The van der Waals surface area contributed by atoms with Crippen LogP contribution in [0.4, 0.5) is 5.69 Å². The van der Waals surface area contributed by atoms with E-state index in [0.29, 0.717) is 38.1 Å². The smallest absolute Gasteiger partial charge is 0.224 e. The Balaban J connectivity index is 1.19. The fourth-order valence-electron chi connectivity index (χ4n) is 4.21. The largest absolute Gasteiger partial charge is 0.494 e. The lowest BCUT2D eigenvalue weighted by Crippen LogP contribution is -2.29. The van der Waals surface area contributed by atoms with E-state index in [2.05, 4.69) is 10.6 Å². The molecule has 0 radical (unpaired) electrons. The minimum atomic E-state index is -0.363. The second kappa shape index (κ2) is 9.83. The molecular weight excluding hydrogens is 428 g/mol. The Bertz CT molecular complexity index is 1280. The third-order valence-corrected chi connectivity index (χ3v) is 5.96. The number of anilines is 1. The van der Waals surface area contributed by atoms with Crippen molar-refractivity contribution in [1.82, 2.24) is 5.32 Å². The van der Waals surface area contributed by atoms with Gasteiger partial charge in [-0.1, -0.05) is 48.5 Å². The van der Waals surface area contributed by atoms with Crippen molar-refractivity contribution in [3.8, 4) is 5.75 Å². The molecule has 1 aromatic heterocycles. The van der Waals surface area contributed by atoms with E-state index in [9.17, 15) is 9.59 Å². The molecule has 4 aromatic rings. The summed E-state index contributed by atoms with van der Waals surface area (Å²) >= 11 is 0. The zero-order chi connectivity index (χ0) is 23.3. The molecule has 0 saturated heterocycles. The molecule has 1 unspecified atom stereocenters. The average Bonchev–Trinajstić information content (AvgIpc) is 3.30. The molecule has 1 aliphatic rings. The fraction of sp³-hybridized carbons (Fsp3) is 0.214. The van der Waals surface area contributed by atoms with Crippen molar-refractivity contribution in [2.75, 3.05) is 11.9 Å². The SMILES string of the molecule is O=C1CCc2cc(OCCCC(=O)NC(c3ccccc3)c3cc4ccccc4o3)ccc2N1. The highest BCUT2D eigenvalue weighted by Crippen LogP contribution is 2.29. The van der Waals surface area contributed by atoms with E-state index >= 15 is 0 Å². The van der Waals surface area contributed by atoms with Gasteiger partial charge in [-0.25, -0.2) is 0 Å². The molecule has 2 amide bonds. The summed E-state index contributed by atoms with van der Waals surface area (Å²) in [6, 6.07) is 24.9. The zero-order valence-corrected chi connectivity index (χ0v) is 18.8. The van der Waals surface area contributed by atoms with Crippen LogP contribution in [0.15, 0.2) is 83.3 Å². The summed E-state index contributed by atoms with van der Waals surface area (Å²) in [4.78, 5) is 24.3. The molecule has 1 aliphatic heterocycles. The maximum Gasteiger partial charge on any atom is 0.224 e. The van der Waals surface area contributed by atoms with Gasteiger partial charge in [0, 0.05) is 23.9 Å². The lowest BCUT2D eigenvalue weighted by Gasteiger charge is -2.18. The zero-order valence-electron chi connectivity index (χ0n) is 18.8. The topological polar surface area (TPSA) is 80.6 Å². The number of fused-ring (bicyclic) bond motifs is 2. The Kier molecular flexibility index (Phi) is 6.29. The second-order valence-corrected chi connectivity index (χ2v) is 8.42. The number of hydrogen-bond donors (Lipinski definition) is 2. The van der Waals surface area contributed by atoms with Crippen LogP contribution in [0.25, 0.3) is 11.0 Å². The van der Waals surface area contributed by atoms with Gasteiger partial charge in [0.15, 0.2) is 0 Å². The summed E-state index contributed by atoms with van der Waals surface area (Å²) in [5.74, 6) is 1.44. The summed E-state index contributed by atoms with van der Waals surface area (Å²) in [7, 11) is 0. The molecular formula is C28H26N2O4. The highest BCUT2D eigenvalue weighted by atomic mass is 16.5. The Hall–Kier alpha value is -4.06. The van der Waals surface area contributed by atoms with Gasteiger partial charge in [0.2, 0.25) is 11.8 Å². The van der Waals surface area contributed by atoms with Gasteiger partial charge >= 0.3 is 0 Å². The Morgan fingerprint density at radius 3 is 2.68 bits per heavy atom. The van der Waals surface area contributed by atoms with E-state index in [1.807, 2.05) is 78.9 Å². The number of benzene rings is 3. The van der Waals surface area contributed by atoms with Crippen molar-refractivity contribution in [1.29, 1.82) is 0 Å². The molecule has 0 fully saturated rings. The van der Waals surface area contributed by atoms with Crippen LogP contribution in [0.3, 0.4) is 0 Å². The van der Waals surface area contributed by atoms with Crippen LogP contribution < -0.4 is 15.4 Å². The predicted molar refractivity (Wildman–Crippen MR) is 131 cm³/mol. The minimum Gasteiger partial charge on any atom is -0.494 e. The number of rotatable bonds is 8. The van der Waals surface area contributed by atoms with Crippen LogP contribution in [0.5, 0.6) is 5.75 Å². The van der Waals surface area contributed by atoms with Gasteiger partial charge in [-0.3, -0.25) is 9.59 Å². The monoisotopic (exact) mass is 454 g/mol. The quantitative estimate of drug-likeness (QED) is 0.350. The first-order valence-corrected chi connectivity index (χ1v) is 11.5. The Morgan fingerprint density at radius 2 is 1.82 bits per heavy atom. The maximum absolute atomic E-state index is 12.8. The van der Waals surface area contributed by atoms with E-state index in [-0.39, 0.29) is 17.9 Å². The second-order valence-electron chi connectivity index (χ2n) is 8.42. The van der Waals surface area contributed by atoms with E-state index in [4.69, 9.17) is 9.15 Å². The van der Waals surface area contributed by atoms with Crippen molar-refractivity contribution in [3.05, 3.63) is 95.7 Å². The van der Waals surface area contributed by atoms with Gasteiger partial charge in [0.25, 0.3) is 0 Å². The third-order valence-electron chi connectivity index (χ3n) is 5.96. The normalized spacial score (nSPS) is 13.7. The fourth-order valence-corrected chi connectivity index (χ4v) is 4.21. The van der Waals surface area contributed by atoms with Crippen LogP contribution in [-0.2, 0) is 16.0 Å². The third kappa shape index (κ3) is 4.96. The summed E-state index contributed by atoms with van der Waals surface area (Å²) < 4.78 is 11.9. The van der Waals surface area contributed by atoms with Crippen LogP contribution in [0, 0.1) is 0 Å².